The predicted molar refractivity (Wildman–Crippen MR) is 90.2 cm³/mol. The Bertz CT molecular complexity index is 685. The highest BCUT2D eigenvalue weighted by molar-refractivity contribution is 6.31. The largest absolute Gasteiger partial charge is 0.394 e. The second-order valence-corrected chi connectivity index (χ2v) is 5.72. The number of aromatic nitrogens is 1. The molecule has 2 N–H and O–H groups in total. The van der Waals surface area contributed by atoms with E-state index in [-0.39, 0.29) is 24.2 Å². The van der Waals surface area contributed by atoms with Crippen LogP contribution in [0.2, 0.25) is 5.02 Å². The number of aliphatic hydroxyl groups excluding tert-OH is 1. The number of halogens is 2. The van der Waals surface area contributed by atoms with Crippen LogP contribution in [0.3, 0.4) is 0 Å². The number of aliphatic hydroxyl groups is 1. The molecule has 0 bridgehead atoms. The van der Waals surface area contributed by atoms with E-state index in [2.05, 4.69) is 10.3 Å². The van der Waals surface area contributed by atoms with Crippen LogP contribution in [0, 0.1) is 5.82 Å². The lowest BCUT2D eigenvalue weighted by Gasteiger charge is -2.26. The van der Waals surface area contributed by atoms with Gasteiger partial charge >= 0.3 is 6.03 Å². The number of benzene rings is 1. The van der Waals surface area contributed by atoms with Gasteiger partial charge in [-0.15, -0.1) is 0 Å². The monoisotopic (exact) mass is 351 g/mol. The molecule has 128 valence electrons. The first-order chi connectivity index (χ1) is 11.5. The van der Waals surface area contributed by atoms with E-state index in [0.29, 0.717) is 12.0 Å². The van der Waals surface area contributed by atoms with E-state index in [4.69, 9.17) is 11.6 Å². The Kier molecular flexibility index (Phi) is 6.52. The lowest BCUT2D eigenvalue weighted by atomic mass is 10.1. The first kappa shape index (κ1) is 18.2. The summed E-state index contributed by atoms with van der Waals surface area (Å²) in [5.74, 6) is -0.528. The van der Waals surface area contributed by atoms with Gasteiger partial charge in [0, 0.05) is 31.9 Å². The van der Waals surface area contributed by atoms with E-state index in [0.717, 1.165) is 5.69 Å². The van der Waals surface area contributed by atoms with Gasteiger partial charge in [0.1, 0.15) is 5.82 Å². The predicted octanol–water partition coefficient (Wildman–Crippen LogP) is 2.62. The Morgan fingerprint density at radius 1 is 1.38 bits per heavy atom. The number of carbonyl (C=O) groups is 1. The summed E-state index contributed by atoms with van der Waals surface area (Å²) in [6.07, 6.45) is 2.10. The van der Waals surface area contributed by atoms with Gasteiger partial charge in [0.25, 0.3) is 0 Å². The molecule has 2 aromatic rings. The van der Waals surface area contributed by atoms with Crippen LogP contribution in [0.15, 0.2) is 42.6 Å². The highest BCUT2D eigenvalue weighted by Gasteiger charge is 2.20. The number of nitrogens with one attached hydrogen (secondary N) is 1. The van der Waals surface area contributed by atoms with Crippen LogP contribution < -0.4 is 5.32 Å². The van der Waals surface area contributed by atoms with Crippen molar-refractivity contribution in [2.45, 2.75) is 19.0 Å². The molecule has 0 spiro atoms. The molecule has 0 aliphatic carbocycles. The molecule has 0 fully saturated rings. The van der Waals surface area contributed by atoms with Crippen molar-refractivity contribution in [3.05, 3.63) is 64.7 Å². The van der Waals surface area contributed by atoms with Gasteiger partial charge in [0.05, 0.1) is 17.7 Å². The second-order valence-electron chi connectivity index (χ2n) is 5.34. The van der Waals surface area contributed by atoms with Crippen LogP contribution in [0.5, 0.6) is 0 Å². The van der Waals surface area contributed by atoms with Gasteiger partial charge in [-0.05, 0) is 23.8 Å². The van der Waals surface area contributed by atoms with Crippen LogP contribution in [-0.4, -0.2) is 40.7 Å². The Morgan fingerprint density at radius 2 is 2.17 bits per heavy atom. The number of nitrogens with zero attached hydrogens (tertiary/aromatic N) is 2. The van der Waals surface area contributed by atoms with Gasteiger partial charge in [-0.2, -0.15) is 0 Å². The number of rotatable bonds is 6. The smallest absolute Gasteiger partial charge is 0.317 e. The van der Waals surface area contributed by atoms with Crippen LogP contribution in [0.1, 0.15) is 11.3 Å². The van der Waals surface area contributed by atoms with Crippen LogP contribution in [-0.2, 0) is 13.0 Å². The van der Waals surface area contributed by atoms with Crippen molar-refractivity contribution in [1.82, 2.24) is 15.2 Å². The van der Waals surface area contributed by atoms with E-state index in [9.17, 15) is 14.3 Å². The number of pyridine rings is 1. The fourth-order valence-electron chi connectivity index (χ4n) is 2.23. The Morgan fingerprint density at radius 3 is 2.83 bits per heavy atom. The molecule has 0 radical (unpaired) electrons. The molecule has 1 heterocycles. The summed E-state index contributed by atoms with van der Waals surface area (Å²) < 4.78 is 13.4. The van der Waals surface area contributed by atoms with Gasteiger partial charge in [0.15, 0.2) is 0 Å². The van der Waals surface area contributed by atoms with E-state index in [1.165, 1.54) is 17.0 Å². The van der Waals surface area contributed by atoms with Crippen molar-refractivity contribution in [2.24, 2.45) is 0 Å². The molecule has 1 aromatic heterocycles. The van der Waals surface area contributed by atoms with Gasteiger partial charge in [-0.3, -0.25) is 4.98 Å². The first-order valence-corrected chi connectivity index (χ1v) is 7.85. The summed E-state index contributed by atoms with van der Waals surface area (Å²) in [5.41, 5.74) is 1.27. The van der Waals surface area contributed by atoms with E-state index in [1.807, 2.05) is 12.1 Å². The third-order valence-corrected chi connectivity index (χ3v) is 4.13. The molecule has 0 saturated carbocycles. The quantitative estimate of drug-likeness (QED) is 0.840. The van der Waals surface area contributed by atoms with Crippen LogP contribution in [0.25, 0.3) is 0 Å². The standard InChI is InChI=1S/C17H19ClFN3O2/c1-22(14(11-23)9-13-6-2-3-8-20-13)17(24)21-10-12-5-4-7-15(19)16(12)18/h2-8,14,23H,9-11H2,1H3,(H,21,24)/t14-/m0/s1. The molecule has 24 heavy (non-hydrogen) atoms. The number of carbonyl (C=O) groups excluding carboxylic acids is 1. The van der Waals surface area contributed by atoms with Gasteiger partial charge in [0.2, 0.25) is 0 Å². The zero-order valence-electron chi connectivity index (χ0n) is 13.2. The van der Waals surface area contributed by atoms with E-state index in [1.54, 1.807) is 25.4 Å². The molecule has 5 nitrogen and oxygen atoms in total. The lowest BCUT2D eigenvalue weighted by Crippen LogP contribution is -2.46. The van der Waals surface area contributed by atoms with Crippen molar-refractivity contribution in [3.8, 4) is 0 Å². The van der Waals surface area contributed by atoms with Crippen molar-refractivity contribution in [3.63, 3.8) is 0 Å². The Hall–Kier alpha value is -2.18. The zero-order chi connectivity index (χ0) is 17.5. The van der Waals surface area contributed by atoms with Crippen molar-refractivity contribution in [2.75, 3.05) is 13.7 Å². The van der Waals surface area contributed by atoms with E-state index >= 15 is 0 Å². The highest BCUT2D eigenvalue weighted by atomic mass is 35.5. The maximum atomic E-state index is 13.4. The third-order valence-electron chi connectivity index (χ3n) is 3.71. The number of hydrogen-bond donors (Lipinski definition) is 2. The maximum absolute atomic E-state index is 13.4. The number of urea groups is 1. The average molecular weight is 352 g/mol. The van der Waals surface area contributed by atoms with Gasteiger partial charge in [-0.25, -0.2) is 9.18 Å². The summed E-state index contributed by atoms with van der Waals surface area (Å²) in [7, 11) is 1.59. The Labute approximate surface area is 145 Å². The topological polar surface area (TPSA) is 65.5 Å². The number of amides is 2. The second kappa shape index (κ2) is 8.61. The van der Waals surface area contributed by atoms with Crippen molar-refractivity contribution in [1.29, 1.82) is 0 Å². The fourth-order valence-corrected chi connectivity index (χ4v) is 2.42. The number of hydrogen-bond acceptors (Lipinski definition) is 3. The molecule has 1 atom stereocenters. The minimum Gasteiger partial charge on any atom is -0.394 e. The summed E-state index contributed by atoms with van der Waals surface area (Å²) in [5, 5.41) is 12.2. The minimum atomic E-state index is -0.528. The third kappa shape index (κ3) is 4.66. The minimum absolute atomic E-state index is 0.00681. The van der Waals surface area contributed by atoms with Crippen molar-refractivity contribution >= 4 is 17.6 Å². The molecule has 1 aromatic carbocycles. The van der Waals surface area contributed by atoms with Gasteiger partial charge < -0.3 is 15.3 Å². The summed E-state index contributed by atoms with van der Waals surface area (Å²) >= 11 is 5.87. The molecule has 0 unspecified atom stereocenters. The molecule has 2 rings (SSSR count). The van der Waals surface area contributed by atoms with E-state index < -0.39 is 11.9 Å². The summed E-state index contributed by atoms with van der Waals surface area (Å²) in [6, 6.07) is 9.12. The SMILES string of the molecule is CN(C(=O)NCc1cccc(F)c1Cl)[C@H](CO)Cc1ccccn1. The lowest BCUT2D eigenvalue weighted by molar-refractivity contribution is 0.148. The molecule has 0 aliphatic heterocycles. The summed E-state index contributed by atoms with van der Waals surface area (Å²) in [6.45, 7) is -0.0945. The highest BCUT2D eigenvalue weighted by Crippen LogP contribution is 2.19. The molecular formula is C17H19ClFN3O2. The Balaban J connectivity index is 1.96. The average Bonchev–Trinajstić information content (AvgIpc) is 2.61. The summed E-state index contributed by atoms with van der Waals surface area (Å²) in [4.78, 5) is 17.8. The van der Waals surface area contributed by atoms with Crippen LogP contribution in [0.4, 0.5) is 9.18 Å². The molecule has 0 aliphatic rings. The maximum Gasteiger partial charge on any atom is 0.317 e. The normalized spacial score (nSPS) is 11.8. The zero-order valence-corrected chi connectivity index (χ0v) is 14.0. The van der Waals surface area contributed by atoms with Crippen molar-refractivity contribution < 1.29 is 14.3 Å². The number of likely N-dealkylation sites (N-methyl/N-ethyl adjacent to an activating group) is 1. The molecule has 0 saturated heterocycles. The van der Waals surface area contributed by atoms with Gasteiger partial charge in [-0.1, -0.05) is 29.8 Å². The molecule has 2 amide bonds. The molecular weight excluding hydrogens is 333 g/mol. The first-order valence-electron chi connectivity index (χ1n) is 7.47. The molecule has 7 heteroatoms. The fraction of sp³-hybridized carbons (Fsp3) is 0.294. The van der Waals surface area contributed by atoms with Crippen LogP contribution >= 0.6 is 11.6 Å².